The van der Waals surface area contributed by atoms with E-state index in [0.717, 1.165) is 38.4 Å². The molecule has 0 aromatic carbocycles. The summed E-state index contributed by atoms with van der Waals surface area (Å²) < 4.78 is 12.3. The van der Waals surface area contributed by atoms with E-state index >= 15 is 0 Å². The van der Waals surface area contributed by atoms with E-state index in [1.807, 2.05) is 18.7 Å². The number of aryl methyl sites for hydroxylation is 2. The van der Waals surface area contributed by atoms with E-state index in [1.165, 1.54) is 22.6 Å². The molecule has 0 bridgehead atoms. The van der Waals surface area contributed by atoms with Gasteiger partial charge in [-0.15, -0.1) is 11.3 Å². The van der Waals surface area contributed by atoms with Crippen LogP contribution in [0.15, 0.2) is 0 Å². The summed E-state index contributed by atoms with van der Waals surface area (Å²) in [6, 6.07) is 0. The summed E-state index contributed by atoms with van der Waals surface area (Å²) in [6.45, 7) is 14.0. The molecule has 1 aliphatic rings. The Kier molecular flexibility index (Phi) is 8.67. The predicted molar refractivity (Wildman–Crippen MR) is 137 cm³/mol. The molecule has 3 rings (SSSR count). The fourth-order valence-electron chi connectivity index (χ4n) is 4.00. The van der Waals surface area contributed by atoms with E-state index in [0.29, 0.717) is 26.1 Å². The normalized spacial score (nSPS) is 14.2. The molecule has 2 aromatic heterocycles. The molecule has 34 heavy (non-hydrogen) atoms. The fraction of sp³-hybridized carbons (Fsp3) is 0.565. The number of aromatic nitrogens is 2. The first-order valence-electron chi connectivity index (χ1n) is 11.4. The Hall–Kier alpha value is -2.50. The largest absolute Gasteiger partial charge is 0.462 e. The number of esters is 2. The molecule has 0 amide bonds. The van der Waals surface area contributed by atoms with Gasteiger partial charge in [0.05, 0.1) is 24.5 Å². The number of thiophene rings is 1. The lowest BCUT2D eigenvalue weighted by Crippen LogP contribution is -2.49. The van der Waals surface area contributed by atoms with E-state index in [-0.39, 0.29) is 13.2 Å². The average Bonchev–Trinajstić information content (AvgIpc) is 3.24. The SMILES string of the molecule is CCOC(=O)c1sc(NC(=S)N2CCN(Cc3c(C)nn(C)c3C)CC2)c(C(=O)OCC)c1C. The van der Waals surface area contributed by atoms with Crippen molar-refractivity contribution in [1.82, 2.24) is 19.6 Å². The highest BCUT2D eigenvalue weighted by Crippen LogP contribution is 2.34. The van der Waals surface area contributed by atoms with Gasteiger partial charge in [-0.25, -0.2) is 9.59 Å². The molecule has 9 nitrogen and oxygen atoms in total. The second-order valence-corrected chi connectivity index (χ2v) is 9.57. The van der Waals surface area contributed by atoms with Crippen LogP contribution in [-0.2, 0) is 23.1 Å². The summed E-state index contributed by atoms with van der Waals surface area (Å²) in [6.07, 6.45) is 0. The first-order valence-corrected chi connectivity index (χ1v) is 12.6. The Morgan fingerprint density at radius 2 is 1.68 bits per heavy atom. The summed E-state index contributed by atoms with van der Waals surface area (Å²) >= 11 is 6.84. The molecule has 1 aliphatic heterocycles. The molecule has 0 radical (unpaired) electrons. The standard InChI is InChI=1S/C23H33N5O4S2/c1-7-31-21(29)18-14(3)19(22(30)32-8-2)34-20(18)24-23(33)28-11-9-27(10-12-28)13-17-15(4)25-26(6)16(17)5/h7-13H2,1-6H3,(H,24,33). The molecule has 1 N–H and O–H groups in total. The second kappa shape index (κ2) is 11.3. The summed E-state index contributed by atoms with van der Waals surface area (Å²) in [5, 5.41) is 8.74. The van der Waals surface area contributed by atoms with Crippen molar-refractivity contribution in [2.45, 2.75) is 41.2 Å². The molecule has 0 unspecified atom stereocenters. The van der Waals surface area contributed by atoms with Gasteiger partial charge in [0.25, 0.3) is 0 Å². The zero-order valence-corrected chi connectivity index (χ0v) is 22.3. The molecule has 0 atom stereocenters. The van der Waals surface area contributed by atoms with E-state index in [2.05, 4.69) is 27.1 Å². The molecule has 1 saturated heterocycles. The van der Waals surface area contributed by atoms with Crippen LogP contribution in [-0.4, -0.2) is 76.0 Å². The monoisotopic (exact) mass is 507 g/mol. The predicted octanol–water partition coefficient (Wildman–Crippen LogP) is 3.27. The average molecular weight is 508 g/mol. The number of carbonyl (C=O) groups is 2. The molecule has 0 aliphatic carbocycles. The van der Waals surface area contributed by atoms with Crippen LogP contribution >= 0.6 is 23.6 Å². The summed E-state index contributed by atoms with van der Waals surface area (Å²) in [5.41, 5.74) is 4.40. The third kappa shape index (κ3) is 5.59. The lowest BCUT2D eigenvalue weighted by molar-refractivity contribution is 0.0527. The van der Waals surface area contributed by atoms with Crippen molar-refractivity contribution in [2.75, 3.05) is 44.7 Å². The van der Waals surface area contributed by atoms with Crippen LogP contribution in [0.3, 0.4) is 0 Å². The van der Waals surface area contributed by atoms with Gasteiger partial charge in [0, 0.05) is 51.0 Å². The highest BCUT2D eigenvalue weighted by molar-refractivity contribution is 7.80. The van der Waals surface area contributed by atoms with Crippen LogP contribution in [0, 0.1) is 20.8 Å². The Labute approximate surface area is 210 Å². The molecule has 1 fully saturated rings. The molecular formula is C23H33N5O4S2. The number of hydrogen-bond donors (Lipinski definition) is 1. The molecule has 186 valence electrons. The van der Waals surface area contributed by atoms with Crippen LogP contribution in [0.4, 0.5) is 5.00 Å². The Morgan fingerprint density at radius 1 is 1.06 bits per heavy atom. The number of rotatable bonds is 7. The van der Waals surface area contributed by atoms with Crippen molar-refractivity contribution in [1.29, 1.82) is 0 Å². The molecule has 0 saturated carbocycles. The Balaban J connectivity index is 1.69. The van der Waals surface area contributed by atoms with Crippen LogP contribution < -0.4 is 5.32 Å². The van der Waals surface area contributed by atoms with Crippen molar-refractivity contribution in [2.24, 2.45) is 7.05 Å². The van der Waals surface area contributed by atoms with E-state index in [9.17, 15) is 9.59 Å². The molecule has 2 aromatic rings. The highest BCUT2D eigenvalue weighted by Gasteiger charge is 2.28. The number of carbonyl (C=O) groups excluding carboxylic acids is 2. The van der Waals surface area contributed by atoms with Gasteiger partial charge in [0.2, 0.25) is 0 Å². The van der Waals surface area contributed by atoms with Gasteiger partial charge in [-0.1, -0.05) is 0 Å². The summed E-state index contributed by atoms with van der Waals surface area (Å²) in [7, 11) is 1.97. The van der Waals surface area contributed by atoms with Crippen molar-refractivity contribution < 1.29 is 19.1 Å². The third-order valence-corrected chi connectivity index (χ3v) is 7.56. The Morgan fingerprint density at radius 3 is 2.24 bits per heavy atom. The zero-order valence-electron chi connectivity index (χ0n) is 20.7. The fourth-order valence-corrected chi connectivity index (χ4v) is 5.43. The smallest absolute Gasteiger partial charge is 0.348 e. The maximum atomic E-state index is 12.6. The number of hydrogen-bond acceptors (Lipinski definition) is 8. The number of ether oxygens (including phenoxy) is 2. The van der Waals surface area contributed by atoms with E-state index < -0.39 is 11.9 Å². The van der Waals surface area contributed by atoms with Gasteiger partial charge < -0.3 is 19.7 Å². The second-order valence-electron chi connectivity index (χ2n) is 8.17. The minimum absolute atomic E-state index is 0.241. The van der Waals surface area contributed by atoms with Crippen LogP contribution in [0.25, 0.3) is 0 Å². The summed E-state index contributed by atoms with van der Waals surface area (Å²) in [4.78, 5) is 29.9. The van der Waals surface area contributed by atoms with Gasteiger partial charge in [-0.3, -0.25) is 9.58 Å². The van der Waals surface area contributed by atoms with Gasteiger partial charge in [0.1, 0.15) is 9.88 Å². The maximum absolute atomic E-state index is 12.6. The number of piperazine rings is 1. The quantitative estimate of drug-likeness (QED) is 0.448. The maximum Gasteiger partial charge on any atom is 0.348 e. The number of nitrogens with one attached hydrogen (secondary N) is 1. The number of nitrogens with zero attached hydrogens (tertiary/aromatic N) is 4. The molecule has 0 spiro atoms. The minimum atomic E-state index is -0.482. The van der Waals surface area contributed by atoms with Crippen molar-refractivity contribution in [3.8, 4) is 0 Å². The highest BCUT2D eigenvalue weighted by atomic mass is 32.1. The number of anilines is 1. The lowest BCUT2D eigenvalue weighted by atomic mass is 10.1. The lowest BCUT2D eigenvalue weighted by Gasteiger charge is -2.36. The van der Waals surface area contributed by atoms with Crippen molar-refractivity contribution >= 4 is 45.6 Å². The van der Waals surface area contributed by atoms with Crippen molar-refractivity contribution in [3.05, 3.63) is 33.0 Å². The van der Waals surface area contributed by atoms with Gasteiger partial charge in [-0.2, -0.15) is 5.10 Å². The first kappa shape index (κ1) is 26.1. The van der Waals surface area contributed by atoms with Gasteiger partial charge >= 0.3 is 11.9 Å². The van der Waals surface area contributed by atoms with Crippen LogP contribution in [0.2, 0.25) is 0 Å². The first-order chi connectivity index (χ1) is 16.2. The molecule has 11 heteroatoms. The van der Waals surface area contributed by atoms with Crippen LogP contribution in [0.5, 0.6) is 0 Å². The third-order valence-electron chi connectivity index (χ3n) is 6.01. The van der Waals surface area contributed by atoms with Gasteiger partial charge in [-0.05, 0) is 52.4 Å². The number of thiocarbonyl (C=S) groups is 1. The van der Waals surface area contributed by atoms with E-state index in [1.54, 1.807) is 20.8 Å². The minimum Gasteiger partial charge on any atom is -0.462 e. The molecular weight excluding hydrogens is 474 g/mol. The topological polar surface area (TPSA) is 88.9 Å². The summed E-state index contributed by atoms with van der Waals surface area (Å²) in [5.74, 6) is -0.937. The molecule has 3 heterocycles. The van der Waals surface area contributed by atoms with Crippen molar-refractivity contribution in [3.63, 3.8) is 0 Å². The van der Waals surface area contributed by atoms with Crippen LogP contribution in [0.1, 0.15) is 56.4 Å². The van der Waals surface area contributed by atoms with Gasteiger partial charge in [0.15, 0.2) is 5.11 Å². The zero-order chi connectivity index (χ0) is 25.0. The Bertz CT molecular complexity index is 1070. The van der Waals surface area contributed by atoms with E-state index in [4.69, 9.17) is 21.7 Å².